The highest BCUT2D eigenvalue weighted by atomic mass is 32.2. The highest BCUT2D eigenvalue weighted by Gasteiger charge is 2.46. The summed E-state index contributed by atoms with van der Waals surface area (Å²) in [6.07, 6.45) is 9.94. The van der Waals surface area contributed by atoms with Gasteiger partial charge in [-0.05, 0) is 74.8 Å². The number of nitrogens with zero attached hydrogens (tertiary/aromatic N) is 1. The van der Waals surface area contributed by atoms with Crippen molar-refractivity contribution in [2.45, 2.75) is 121 Å². The fraction of sp³-hybridized carbons (Fsp3) is 0.615. The number of likely N-dealkylation sites (tertiary alicyclic amines) is 1. The van der Waals surface area contributed by atoms with Crippen molar-refractivity contribution in [3.8, 4) is 0 Å². The van der Waals surface area contributed by atoms with E-state index in [-0.39, 0.29) is 35.7 Å². The van der Waals surface area contributed by atoms with Crippen LogP contribution >= 0.6 is 0 Å². The number of amides is 4. The van der Waals surface area contributed by atoms with Crippen LogP contribution in [0.5, 0.6) is 0 Å². The SMILES string of the molecule is C=CCNC(=O)C(=O)C(CC1CC1)NC(=O)[C@@H]1C[C@@H](C=C(C)C)CN1C(=O)[C@@H](NC(=O)[C@@H](NS(=O)(=O)c1ccccc1)C1CCCCC1)C(C)(C)C. The Kier molecular flexibility index (Phi) is 14.0. The molecule has 0 bridgehead atoms. The Hall–Kier alpha value is -3.84. The number of sulfonamides is 1. The maximum absolute atomic E-state index is 14.6. The maximum atomic E-state index is 14.6. The number of hydrogen-bond donors (Lipinski definition) is 4. The van der Waals surface area contributed by atoms with Gasteiger partial charge in [-0.1, -0.05) is 88.8 Å². The van der Waals surface area contributed by atoms with E-state index in [1.165, 1.54) is 23.1 Å². The van der Waals surface area contributed by atoms with Crippen molar-refractivity contribution in [1.82, 2.24) is 25.6 Å². The monoisotopic (exact) mass is 739 g/mol. The Morgan fingerprint density at radius 3 is 2.19 bits per heavy atom. The first kappa shape index (κ1) is 40.9. The van der Waals surface area contributed by atoms with Crippen molar-refractivity contribution in [3.05, 3.63) is 54.6 Å². The van der Waals surface area contributed by atoms with Crippen molar-refractivity contribution >= 4 is 39.4 Å². The van der Waals surface area contributed by atoms with Crippen molar-refractivity contribution in [2.75, 3.05) is 13.1 Å². The molecule has 1 heterocycles. The van der Waals surface area contributed by atoms with Crippen LogP contribution in [0.15, 0.2) is 59.5 Å². The summed E-state index contributed by atoms with van der Waals surface area (Å²) in [5.74, 6) is -3.37. The van der Waals surface area contributed by atoms with Crippen molar-refractivity contribution in [1.29, 1.82) is 0 Å². The molecule has 2 saturated carbocycles. The molecule has 5 atom stereocenters. The quantitative estimate of drug-likeness (QED) is 0.148. The predicted octanol–water partition coefficient (Wildman–Crippen LogP) is 3.78. The minimum atomic E-state index is -4.06. The normalized spacial score (nSPS) is 21.3. The molecule has 1 unspecified atom stereocenters. The maximum Gasteiger partial charge on any atom is 0.289 e. The molecule has 1 aromatic rings. The van der Waals surface area contributed by atoms with Gasteiger partial charge in [0.05, 0.1) is 10.9 Å². The molecule has 52 heavy (non-hydrogen) atoms. The zero-order valence-electron chi connectivity index (χ0n) is 31.3. The van der Waals surface area contributed by atoms with Gasteiger partial charge in [0.15, 0.2) is 0 Å². The van der Waals surface area contributed by atoms with Crippen LogP contribution in [0.4, 0.5) is 0 Å². The molecule has 13 heteroatoms. The van der Waals surface area contributed by atoms with Gasteiger partial charge in [-0.2, -0.15) is 4.72 Å². The lowest BCUT2D eigenvalue weighted by molar-refractivity contribution is -0.145. The number of benzene rings is 1. The average Bonchev–Trinajstić information content (AvgIpc) is 3.83. The number of carbonyl (C=O) groups excluding carboxylic acids is 5. The van der Waals surface area contributed by atoms with Crippen molar-refractivity contribution in [3.63, 3.8) is 0 Å². The minimum Gasteiger partial charge on any atom is -0.346 e. The Balaban J connectivity index is 1.61. The number of carbonyl (C=O) groups is 5. The Bertz CT molecular complexity index is 1610. The van der Waals surface area contributed by atoms with Crippen LogP contribution in [0.2, 0.25) is 0 Å². The van der Waals surface area contributed by atoms with Crippen molar-refractivity contribution in [2.24, 2.45) is 23.2 Å². The third kappa shape index (κ3) is 11.1. The van der Waals surface area contributed by atoms with Gasteiger partial charge in [0, 0.05) is 13.1 Å². The molecule has 1 aliphatic heterocycles. The average molecular weight is 740 g/mol. The standard InChI is InChI=1S/C39H57N5O7S/c1-7-20-40-37(48)33(45)30(22-26-18-19-26)41-35(46)31-23-27(21-25(2)3)24-44(31)38(49)34(39(4,5)6)42-36(47)32(28-14-10-8-11-15-28)43-52(50,51)29-16-12-9-13-17-29/h7,9,12-13,16-17,21,26-28,30-32,34,43H,1,8,10-11,14-15,18-20,22-24H2,2-6H3,(H,40,48)(H,41,46)(H,42,47)/t27-,30?,31+,32+,34-/m1/s1. The fourth-order valence-corrected chi connectivity index (χ4v) is 8.55. The van der Waals surface area contributed by atoms with Crippen LogP contribution in [0.1, 0.15) is 92.4 Å². The molecule has 4 amide bonds. The smallest absolute Gasteiger partial charge is 0.289 e. The number of hydrogen-bond acceptors (Lipinski definition) is 7. The van der Waals surface area contributed by atoms with Gasteiger partial charge in [-0.3, -0.25) is 24.0 Å². The second-order valence-electron chi connectivity index (χ2n) is 16.0. The van der Waals surface area contributed by atoms with E-state index in [1.54, 1.807) is 18.2 Å². The van der Waals surface area contributed by atoms with Crippen LogP contribution in [0, 0.1) is 23.2 Å². The lowest BCUT2D eigenvalue weighted by Gasteiger charge is -2.37. The molecule has 0 radical (unpaired) electrons. The topological polar surface area (TPSA) is 171 Å². The van der Waals surface area contributed by atoms with Gasteiger partial charge in [0.25, 0.3) is 5.91 Å². The van der Waals surface area contributed by atoms with Crippen LogP contribution in [0.3, 0.4) is 0 Å². The van der Waals surface area contributed by atoms with E-state index in [9.17, 15) is 32.4 Å². The van der Waals surface area contributed by atoms with Crippen LogP contribution in [-0.4, -0.2) is 80.0 Å². The number of allylic oxidation sites excluding steroid dienone is 1. The number of nitrogens with one attached hydrogen (secondary N) is 4. The van der Waals surface area contributed by atoms with E-state index in [0.29, 0.717) is 25.7 Å². The molecule has 12 nitrogen and oxygen atoms in total. The van der Waals surface area contributed by atoms with Crippen molar-refractivity contribution < 1.29 is 32.4 Å². The van der Waals surface area contributed by atoms with E-state index in [2.05, 4.69) is 27.3 Å². The van der Waals surface area contributed by atoms with E-state index in [1.807, 2.05) is 40.7 Å². The highest BCUT2D eigenvalue weighted by Crippen LogP contribution is 2.35. The number of rotatable bonds is 16. The Labute approximate surface area is 309 Å². The third-order valence-electron chi connectivity index (χ3n) is 10.2. The van der Waals surface area contributed by atoms with Gasteiger partial charge in [-0.25, -0.2) is 8.42 Å². The molecule has 1 saturated heterocycles. The summed E-state index contributed by atoms with van der Waals surface area (Å²) < 4.78 is 29.6. The summed E-state index contributed by atoms with van der Waals surface area (Å²) in [4.78, 5) is 70.3. The van der Waals surface area contributed by atoms with Gasteiger partial charge in [-0.15, -0.1) is 6.58 Å². The van der Waals surface area contributed by atoms with E-state index >= 15 is 0 Å². The van der Waals surface area contributed by atoms with E-state index < -0.39 is 69.0 Å². The first-order valence-electron chi connectivity index (χ1n) is 18.6. The van der Waals surface area contributed by atoms with Gasteiger partial charge in [0.1, 0.15) is 18.1 Å². The second kappa shape index (κ2) is 17.8. The molecular weight excluding hydrogens is 683 g/mol. The second-order valence-corrected chi connectivity index (χ2v) is 17.7. The third-order valence-corrected chi connectivity index (χ3v) is 11.6. The van der Waals surface area contributed by atoms with Crippen LogP contribution in [0.25, 0.3) is 0 Å². The largest absolute Gasteiger partial charge is 0.346 e. The molecule has 4 rings (SSSR count). The molecule has 2 aliphatic carbocycles. The van der Waals surface area contributed by atoms with E-state index in [0.717, 1.165) is 37.7 Å². The summed E-state index contributed by atoms with van der Waals surface area (Å²) in [5, 5.41) is 8.24. The number of ketones is 1. The summed E-state index contributed by atoms with van der Waals surface area (Å²) in [6, 6.07) is 3.65. The highest BCUT2D eigenvalue weighted by molar-refractivity contribution is 7.89. The Morgan fingerprint density at radius 1 is 0.962 bits per heavy atom. The summed E-state index contributed by atoms with van der Waals surface area (Å²) in [6.45, 7) is 13.2. The molecule has 3 aliphatic rings. The molecule has 0 spiro atoms. The minimum absolute atomic E-state index is 0.0416. The predicted molar refractivity (Wildman–Crippen MR) is 199 cm³/mol. The zero-order valence-corrected chi connectivity index (χ0v) is 32.1. The lowest BCUT2D eigenvalue weighted by Crippen LogP contribution is -2.62. The molecule has 1 aromatic carbocycles. The Morgan fingerprint density at radius 2 is 1.62 bits per heavy atom. The number of Topliss-reactive ketones (excluding diaryl/α,β-unsaturated/α-hetero) is 1. The summed E-state index contributed by atoms with van der Waals surface area (Å²) in [7, 11) is -4.06. The lowest BCUT2D eigenvalue weighted by atomic mass is 9.82. The van der Waals surface area contributed by atoms with E-state index in [4.69, 9.17) is 0 Å². The van der Waals surface area contributed by atoms with Gasteiger partial charge < -0.3 is 20.9 Å². The summed E-state index contributed by atoms with van der Waals surface area (Å²) in [5.41, 5.74) is 0.187. The first-order chi connectivity index (χ1) is 24.5. The summed E-state index contributed by atoms with van der Waals surface area (Å²) >= 11 is 0. The molecule has 286 valence electrons. The van der Waals surface area contributed by atoms with Crippen LogP contribution in [-0.2, 0) is 34.0 Å². The zero-order chi connectivity index (χ0) is 38.2. The molecule has 3 fully saturated rings. The first-order valence-corrected chi connectivity index (χ1v) is 20.1. The molecule has 4 N–H and O–H groups in total. The molecular formula is C39H57N5O7S. The fourth-order valence-electron chi connectivity index (χ4n) is 7.26. The van der Waals surface area contributed by atoms with Gasteiger partial charge in [0.2, 0.25) is 33.5 Å². The molecule has 0 aromatic heterocycles. The van der Waals surface area contributed by atoms with Gasteiger partial charge >= 0.3 is 0 Å². The van der Waals surface area contributed by atoms with Crippen LogP contribution < -0.4 is 20.7 Å².